The molecular weight excluding hydrogens is 278 g/mol. The first-order valence-electron chi connectivity index (χ1n) is 7.15. The van der Waals surface area contributed by atoms with Crippen molar-refractivity contribution >= 4 is 12.0 Å². The van der Waals surface area contributed by atoms with Gasteiger partial charge in [-0.3, -0.25) is 4.79 Å². The van der Waals surface area contributed by atoms with E-state index in [4.69, 9.17) is 9.47 Å². The fourth-order valence-electron chi connectivity index (χ4n) is 2.28. The van der Waals surface area contributed by atoms with E-state index in [2.05, 4.69) is 5.32 Å². The van der Waals surface area contributed by atoms with Crippen LogP contribution in [0.2, 0.25) is 0 Å². The number of fused-ring (bicyclic) bond motifs is 1. The molecule has 2 aromatic carbocycles. The molecule has 1 N–H and O–H groups in total. The smallest absolute Gasteiger partial charge is 0.244 e. The van der Waals surface area contributed by atoms with Gasteiger partial charge in [-0.05, 0) is 36.3 Å². The topological polar surface area (TPSA) is 47.6 Å². The predicted molar refractivity (Wildman–Crippen MR) is 84.6 cm³/mol. The van der Waals surface area contributed by atoms with Gasteiger partial charge in [0, 0.05) is 6.08 Å². The lowest BCUT2D eigenvalue weighted by molar-refractivity contribution is -0.117. The van der Waals surface area contributed by atoms with Crippen LogP contribution >= 0.6 is 0 Å². The van der Waals surface area contributed by atoms with Crippen molar-refractivity contribution in [2.75, 3.05) is 6.79 Å². The number of rotatable bonds is 4. The predicted octanol–water partition coefficient (Wildman–Crippen LogP) is 3.31. The molecular formula is C18H17NO3. The van der Waals surface area contributed by atoms with Gasteiger partial charge in [0.15, 0.2) is 11.5 Å². The first-order valence-corrected chi connectivity index (χ1v) is 7.15. The molecule has 1 aliphatic rings. The Morgan fingerprint density at radius 3 is 2.73 bits per heavy atom. The highest BCUT2D eigenvalue weighted by atomic mass is 16.7. The molecule has 1 heterocycles. The Hall–Kier alpha value is -2.75. The molecule has 2 aromatic rings. The van der Waals surface area contributed by atoms with Gasteiger partial charge in [0.2, 0.25) is 12.7 Å². The van der Waals surface area contributed by atoms with E-state index in [1.165, 1.54) is 6.08 Å². The molecule has 0 bridgehead atoms. The van der Waals surface area contributed by atoms with E-state index in [0.717, 1.165) is 16.9 Å². The molecule has 1 atom stereocenters. The highest BCUT2D eigenvalue weighted by Gasteiger charge is 2.12. The number of amides is 1. The number of ether oxygens (including phenoxy) is 2. The van der Waals surface area contributed by atoms with E-state index in [9.17, 15) is 4.79 Å². The zero-order valence-corrected chi connectivity index (χ0v) is 12.3. The van der Waals surface area contributed by atoms with E-state index in [-0.39, 0.29) is 18.7 Å². The molecule has 3 rings (SSSR count). The summed E-state index contributed by atoms with van der Waals surface area (Å²) in [4.78, 5) is 12.0. The standard InChI is InChI=1S/C18H17NO3/c1-13(15-5-3-2-4-6-15)19-18(20)10-8-14-7-9-16-17(11-14)22-12-21-16/h2-11,13H,12H2,1H3,(H,19,20)/b10-8+. The summed E-state index contributed by atoms with van der Waals surface area (Å²) in [7, 11) is 0. The summed E-state index contributed by atoms with van der Waals surface area (Å²) >= 11 is 0. The Kier molecular flexibility index (Phi) is 4.10. The number of nitrogens with one attached hydrogen (secondary N) is 1. The summed E-state index contributed by atoms with van der Waals surface area (Å²) < 4.78 is 10.6. The maximum absolute atomic E-state index is 12.0. The van der Waals surface area contributed by atoms with E-state index in [1.807, 2.05) is 55.5 Å². The van der Waals surface area contributed by atoms with Gasteiger partial charge in [-0.1, -0.05) is 36.4 Å². The molecule has 0 saturated heterocycles. The van der Waals surface area contributed by atoms with Crippen molar-refractivity contribution in [3.63, 3.8) is 0 Å². The summed E-state index contributed by atoms with van der Waals surface area (Å²) in [5, 5.41) is 2.94. The van der Waals surface area contributed by atoms with Gasteiger partial charge in [-0.2, -0.15) is 0 Å². The maximum Gasteiger partial charge on any atom is 0.244 e. The lowest BCUT2D eigenvalue weighted by Crippen LogP contribution is -2.24. The second kappa shape index (κ2) is 6.35. The first kappa shape index (κ1) is 14.2. The summed E-state index contributed by atoms with van der Waals surface area (Å²) in [6, 6.07) is 15.4. The van der Waals surface area contributed by atoms with Crippen LogP contribution in [-0.4, -0.2) is 12.7 Å². The third-order valence-electron chi connectivity index (χ3n) is 3.48. The Morgan fingerprint density at radius 2 is 1.91 bits per heavy atom. The van der Waals surface area contributed by atoms with Gasteiger partial charge in [0.25, 0.3) is 0 Å². The minimum Gasteiger partial charge on any atom is -0.454 e. The van der Waals surface area contributed by atoms with Crippen molar-refractivity contribution in [1.29, 1.82) is 0 Å². The zero-order chi connectivity index (χ0) is 15.4. The van der Waals surface area contributed by atoms with Gasteiger partial charge in [0.05, 0.1) is 6.04 Å². The minimum atomic E-state index is -0.131. The first-order chi connectivity index (χ1) is 10.7. The van der Waals surface area contributed by atoms with E-state index in [0.29, 0.717) is 5.75 Å². The number of carbonyl (C=O) groups excluding carboxylic acids is 1. The lowest BCUT2D eigenvalue weighted by Gasteiger charge is -2.12. The van der Waals surface area contributed by atoms with Crippen LogP contribution < -0.4 is 14.8 Å². The molecule has 4 nitrogen and oxygen atoms in total. The minimum absolute atomic E-state index is 0.0323. The highest BCUT2D eigenvalue weighted by Crippen LogP contribution is 2.32. The van der Waals surface area contributed by atoms with Crippen LogP contribution in [0, 0.1) is 0 Å². The molecule has 0 radical (unpaired) electrons. The molecule has 112 valence electrons. The lowest BCUT2D eigenvalue weighted by atomic mass is 10.1. The van der Waals surface area contributed by atoms with Crippen molar-refractivity contribution in [2.24, 2.45) is 0 Å². The maximum atomic E-state index is 12.0. The summed E-state index contributed by atoms with van der Waals surface area (Å²) in [5.74, 6) is 1.31. The Labute approximate surface area is 129 Å². The number of hydrogen-bond acceptors (Lipinski definition) is 3. The highest BCUT2D eigenvalue weighted by molar-refractivity contribution is 5.92. The van der Waals surface area contributed by atoms with E-state index < -0.39 is 0 Å². The van der Waals surface area contributed by atoms with Gasteiger partial charge in [-0.15, -0.1) is 0 Å². The molecule has 4 heteroatoms. The van der Waals surface area contributed by atoms with Gasteiger partial charge in [0.1, 0.15) is 0 Å². The third-order valence-corrected chi connectivity index (χ3v) is 3.48. The monoisotopic (exact) mass is 295 g/mol. The molecule has 1 amide bonds. The molecule has 0 spiro atoms. The van der Waals surface area contributed by atoms with Crippen LogP contribution in [0.1, 0.15) is 24.1 Å². The Bertz CT molecular complexity index is 695. The van der Waals surface area contributed by atoms with Gasteiger partial charge in [-0.25, -0.2) is 0 Å². The second-order valence-corrected chi connectivity index (χ2v) is 5.09. The van der Waals surface area contributed by atoms with Crippen molar-refractivity contribution < 1.29 is 14.3 Å². The quantitative estimate of drug-likeness (QED) is 0.880. The van der Waals surface area contributed by atoms with E-state index >= 15 is 0 Å². The number of benzene rings is 2. The largest absolute Gasteiger partial charge is 0.454 e. The van der Waals surface area contributed by atoms with Crippen LogP contribution in [0.4, 0.5) is 0 Å². The average Bonchev–Trinajstić information content (AvgIpc) is 3.01. The van der Waals surface area contributed by atoms with Crippen molar-refractivity contribution in [3.05, 3.63) is 65.7 Å². The van der Waals surface area contributed by atoms with Crippen LogP contribution in [-0.2, 0) is 4.79 Å². The Balaban J connectivity index is 1.62. The number of carbonyl (C=O) groups is 1. The molecule has 1 unspecified atom stereocenters. The molecule has 0 saturated carbocycles. The zero-order valence-electron chi connectivity index (χ0n) is 12.3. The summed E-state index contributed by atoms with van der Waals surface area (Å²) in [6.45, 7) is 2.21. The summed E-state index contributed by atoms with van der Waals surface area (Å²) in [6.07, 6.45) is 3.28. The van der Waals surface area contributed by atoms with Gasteiger partial charge >= 0.3 is 0 Å². The molecule has 0 fully saturated rings. The fraction of sp³-hybridized carbons (Fsp3) is 0.167. The van der Waals surface area contributed by atoms with Crippen LogP contribution in [0.5, 0.6) is 11.5 Å². The molecule has 1 aliphatic heterocycles. The molecule has 22 heavy (non-hydrogen) atoms. The van der Waals surface area contributed by atoms with Crippen molar-refractivity contribution in [3.8, 4) is 11.5 Å². The molecule has 0 aliphatic carbocycles. The Morgan fingerprint density at radius 1 is 1.14 bits per heavy atom. The van der Waals surface area contributed by atoms with Crippen molar-refractivity contribution in [1.82, 2.24) is 5.32 Å². The van der Waals surface area contributed by atoms with E-state index in [1.54, 1.807) is 6.08 Å². The SMILES string of the molecule is CC(NC(=O)/C=C/c1ccc2c(c1)OCO2)c1ccccc1. The van der Waals surface area contributed by atoms with Gasteiger partial charge < -0.3 is 14.8 Å². The normalized spacial score (nSPS) is 14.0. The summed E-state index contributed by atoms with van der Waals surface area (Å²) in [5.41, 5.74) is 1.97. The average molecular weight is 295 g/mol. The second-order valence-electron chi connectivity index (χ2n) is 5.09. The van der Waals surface area contributed by atoms with Crippen LogP contribution in [0.25, 0.3) is 6.08 Å². The third kappa shape index (κ3) is 3.28. The van der Waals surface area contributed by atoms with Crippen LogP contribution in [0.3, 0.4) is 0 Å². The fourth-order valence-corrected chi connectivity index (χ4v) is 2.28. The van der Waals surface area contributed by atoms with Crippen molar-refractivity contribution in [2.45, 2.75) is 13.0 Å². The van der Waals surface area contributed by atoms with Crippen LogP contribution in [0.15, 0.2) is 54.6 Å². The number of hydrogen-bond donors (Lipinski definition) is 1. The molecule has 0 aromatic heterocycles.